The first-order valence-electron chi connectivity index (χ1n) is 9.01. The van der Waals surface area contributed by atoms with Gasteiger partial charge in [0.2, 0.25) is 17.7 Å². The molecule has 0 aromatic carbocycles. The van der Waals surface area contributed by atoms with E-state index in [4.69, 9.17) is 4.74 Å². The third-order valence-electron chi connectivity index (χ3n) is 4.80. The molecule has 0 aliphatic carbocycles. The summed E-state index contributed by atoms with van der Waals surface area (Å²) in [5.41, 5.74) is 0. The maximum atomic E-state index is 12.9. The summed E-state index contributed by atoms with van der Waals surface area (Å²) in [5, 5.41) is 5.85. The zero-order chi connectivity index (χ0) is 18.4. The molecule has 0 aromatic heterocycles. The normalized spacial score (nSPS) is 22.9. The van der Waals surface area contributed by atoms with Gasteiger partial charge in [0.15, 0.2) is 0 Å². The Morgan fingerprint density at radius 3 is 2.76 bits per heavy atom. The molecule has 8 nitrogen and oxygen atoms in total. The number of methoxy groups -OCH3 is 1. The van der Waals surface area contributed by atoms with E-state index >= 15 is 0 Å². The van der Waals surface area contributed by atoms with Crippen LogP contribution < -0.4 is 10.6 Å². The zero-order valence-electron chi connectivity index (χ0n) is 15.4. The molecule has 2 fully saturated rings. The van der Waals surface area contributed by atoms with Crippen molar-refractivity contribution in [3.63, 3.8) is 0 Å². The average molecular weight is 354 g/mol. The Morgan fingerprint density at radius 1 is 1.36 bits per heavy atom. The van der Waals surface area contributed by atoms with Crippen LogP contribution in [0.15, 0.2) is 0 Å². The molecule has 2 aliphatic rings. The van der Waals surface area contributed by atoms with Crippen LogP contribution in [0.4, 0.5) is 0 Å². The molecule has 142 valence electrons. The molecule has 0 radical (unpaired) electrons. The Hall–Kier alpha value is -1.67. The van der Waals surface area contributed by atoms with Crippen molar-refractivity contribution < 1.29 is 19.1 Å². The largest absolute Gasteiger partial charge is 0.375 e. The SMILES string of the molecule is COCC(=O)N[C@H](C(=O)N1CCCC(N2CCNCC2=O)C1)C(C)C. The van der Waals surface area contributed by atoms with Crippen LogP contribution in [-0.4, -0.2) is 86.0 Å². The number of carbonyl (C=O) groups is 3. The fourth-order valence-corrected chi connectivity index (χ4v) is 3.47. The van der Waals surface area contributed by atoms with Crippen LogP contribution in [0.25, 0.3) is 0 Å². The van der Waals surface area contributed by atoms with Crippen LogP contribution in [-0.2, 0) is 19.1 Å². The van der Waals surface area contributed by atoms with Crippen LogP contribution >= 0.6 is 0 Å². The third kappa shape index (κ3) is 5.15. The molecule has 0 saturated carbocycles. The molecular weight excluding hydrogens is 324 g/mol. The molecule has 2 aliphatic heterocycles. The summed E-state index contributed by atoms with van der Waals surface area (Å²) in [6.07, 6.45) is 1.78. The van der Waals surface area contributed by atoms with Crippen molar-refractivity contribution in [1.29, 1.82) is 0 Å². The Balaban J connectivity index is 2.01. The maximum absolute atomic E-state index is 12.9. The van der Waals surface area contributed by atoms with E-state index in [0.717, 1.165) is 19.4 Å². The highest BCUT2D eigenvalue weighted by Gasteiger charge is 2.35. The molecule has 0 bridgehead atoms. The molecule has 2 heterocycles. The first-order valence-corrected chi connectivity index (χ1v) is 9.01. The Morgan fingerprint density at radius 2 is 2.12 bits per heavy atom. The van der Waals surface area contributed by atoms with E-state index in [2.05, 4.69) is 10.6 Å². The van der Waals surface area contributed by atoms with E-state index in [1.54, 1.807) is 4.90 Å². The summed E-state index contributed by atoms with van der Waals surface area (Å²) in [5.74, 6) is -0.291. The van der Waals surface area contributed by atoms with Crippen molar-refractivity contribution in [2.24, 2.45) is 5.92 Å². The second kappa shape index (κ2) is 9.15. The van der Waals surface area contributed by atoms with E-state index in [0.29, 0.717) is 26.2 Å². The van der Waals surface area contributed by atoms with Crippen molar-refractivity contribution in [2.45, 2.75) is 38.8 Å². The highest BCUT2D eigenvalue weighted by atomic mass is 16.5. The summed E-state index contributed by atoms with van der Waals surface area (Å²) < 4.78 is 4.83. The van der Waals surface area contributed by atoms with Gasteiger partial charge in [-0.3, -0.25) is 14.4 Å². The zero-order valence-corrected chi connectivity index (χ0v) is 15.4. The van der Waals surface area contributed by atoms with Crippen LogP contribution in [0, 0.1) is 5.92 Å². The maximum Gasteiger partial charge on any atom is 0.246 e. The van der Waals surface area contributed by atoms with E-state index in [9.17, 15) is 14.4 Å². The molecule has 2 atom stereocenters. The average Bonchev–Trinajstić information content (AvgIpc) is 2.59. The van der Waals surface area contributed by atoms with E-state index in [1.807, 2.05) is 18.7 Å². The molecule has 1 unspecified atom stereocenters. The molecule has 2 N–H and O–H groups in total. The number of rotatable bonds is 6. The lowest BCUT2D eigenvalue weighted by molar-refractivity contribution is -0.143. The summed E-state index contributed by atoms with van der Waals surface area (Å²) in [7, 11) is 1.45. The molecule has 0 spiro atoms. The smallest absolute Gasteiger partial charge is 0.246 e. The molecule has 25 heavy (non-hydrogen) atoms. The summed E-state index contributed by atoms with van der Waals surface area (Å²) in [4.78, 5) is 40.6. The number of amides is 3. The first-order chi connectivity index (χ1) is 11.9. The molecule has 2 rings (SSSR count). The Kier molecular flexibility index (Phi) is 7.19. The number of carbonyl (C=O) groups excluding carboxylic acids is 3. The van der Waals surface area contributed by atoms with Gasteiger partial charge < -0.3 is 25.2 Å². The minimum Gasteiger partial charge on any atom is -0.375 e. The summed E-state index contributed by atoms with van der Waals surface area (Å²) in [6.45, 7) is 6.81. The number of piperazine rings is 1. The van der Waals surface area contributed by atoms with Gasteiger partial charge >= 0.3 is 0 Å². The highest BCUT2D eigenvalue weighted by Crippen LogP contribution is 2.19. The number of ether oxygens (including phenoxy) is 1. The van der Waals surface area contributed by atoms with Gasteiger partial charge in [-0.05, 0) is 18.8 Å². The standard InChI is InChI=1S/C17H30N4O4/c1-12(2)16(19-14(22)11-25-3)17(24)20-7-4-5-13(10-20)21-8-6-18-9-15(21)23/h12-13,16,18H,4-11H2,1-3H3,(H,19,22)/t13?,16-/m0/s1. The van der Waals surface area contributed by atoms with Gasteiger partial charge in [-0.2, -0.15) is 0 Å². The second-order valence-electron chi connectivity index (χ2n) is 7.07. The van der Waals surface area contributed by atoms with Gasteiger partial charge in [0.1, 0.15) is 12.6 Å². The minimum atomic E-state index is -0.569. The first kappa shape index (κ1) is 19.7. The Bertz CT molecular complexity index is 497. The van der Waals surface area contributed by atoms with Crippen molar-refractivity contribution in [3.05, 3.63) is 0 Å². The summed E-state index contributed by atoms with van der Waals surface area (Å²) >= 11 is 0. The predicted octanol–water partition coefficient (Wildman–Crippen LogP) is -0.804. The van der Waals surface area contributed by atoms with Crippen LogP contribution in [0.1, 0.15) is 26.7 Å². The predicted molar refractivity (Wildman–Crippen MR) is 92.8 cm³/mol. The van der Waals surface area contributed by atoms with E-state index in [1.165, 1.54) is 7.11 Å². The van der Waals surface area contributed by atoms with E-state index in [-0.39, 0.29) is 36.3 Å². The molecule has 8 heteroatoms. The fraction of sp³-hybridized carbons (Fsp3) is 0.824. The lowest BCUT2D eigenvalue weighted by Gasteiger charge is -2.42. The van der Waals surface area contributed by atoms with Gasteiger partial charge in [-0.15, -0.1) is 0 Å². The number of nitrogens with zero attached hydrogens (tertiary/aromatic N) is 2. The van der Waals surface area contributed by atoms with E-state index < -0.39 is 6.04 Å². The number of likely N-dealkylation sites (tertiary alicyclic amines) is 1. The van der Waals surface area contributed by atoms with Gasteiger partial charge in [0, 0.05) is 39.3 Å². The highest BCUT2D eigenvalue weighted by molar-refractivity contribution is 5.88. The third-order valence-corrected chi connectivity index (χ3v) is 4.80. The van der Waals surface area contributed by atoms with Crippen molar-refractivity contribution >= 4 is 17.7 Å². The minimum absolute atomic E-state index is 0.0190. The number of hydrogen-bond acceptors (Lipinski definition) is 5. The molecule has 2 saturated heterocycles. The number of hydrogen-bond donors (Lipinski definition) is 2. The number of piperidine rings is 1. The summed E-state index contributed by atoms with van der Waals surface area (Å²) in [6, 6.07) is -0.505. The number of nitrogens with one attached hydrogen (secondary N) is 2. The van der Waals surface area contributed by atoms with Crippen molar-refractivity contribution in [3.8, 4) is 0 Å². The van der Waals surface area contributed by atoms with Crippen molar-refractivity contribution in [1.82, 2.24) is 20.4 Å². The second-order valence-corrected chi connectivity index (χ2v) is 7.07. The Labute approximate surface area is 149 Å². The molecule has 3 amide bonds. The van der Waals surface area contributed by atoms with Gasteiger partial charge in [-0.1, -0.05) is 13.8 Å². The molecule has 0 aromatic rings. The lowest BCUT2D eigenvalue weighted by Crippen LogP contribution is -2.60. The topological polar surface area (TPSA) is 91.0 Å². The van der Waals surface area contributed by atoms with Gasteiger partial charge in [0.25, 0.3) is 0 Å². The van der Waals surface area contributed by atoms with Crippen LogP contribution in [0.2, 0.25) is 0 Å². The fourth-order valence-electron chi connectivity index (χ4n) is 3.47. The lowest BCUT2D eigenvalue weighted by atomic mass is 9.98. The van der Waals surface area contributed by atoms with Crippen LogP contribution in [0.5, 0.6) is 0 Å². The van der Waals surface area contributed by atoms with Crippen LogP contribution in [0.3, 0.4) is 0 Å². The quantitative estimate of drug-likeness (QED) is 0.651. The van der Waals surface area contributed by atoms with Crippen molar-refractivity contribution in [2.75, 3.05) is 46.4 Å². The monoisotopic (exact) mass is 354 g/mol. The van der Waals surface area contributed by atoms with Gasteiger partial charge in [-0.25, -0.2) is 0 Å². The van der Waals surface area contributed by atoms with Gasteiger partial charge in [0.05, 0.1) is 6.54 Å². The molecular formula is C17H30N4O4.